The fourth-order valence-corrected chi connectivity index (χ4v) is 2.52. The minimum absolute atomic E-state index is 0.135. The van der Waals surface area contributed by atoms with Crippen molar-refractivity contribution in [2.24, 2.45) is 0 Å². The van der Waals surface area contributed by atoms with Crippen LogP contribution in [-0.2, 0) is 15.0 Å². The molecule has 1 saturated heterocycles. The number of nitrogens with zero attached hydrogens (tertiary/aromatic N) is 2. The van der Waals surface area contributed by atoms with E-state index in [1.54, 1.807) is 4.90 Å². The van der Waals surface area contributed by atoms with Crippen molar-refractivity contribution in [2.45, 2.75) is 52.4 Å². The lowest BCUT2D eigenvalue weighted by atomic mass is 9.91. The van der Waals surface area contributed by atoms with Crippen LogP contribution in [0.15, 0.2) is 4.52 Å². The minimum Gasteiger partial charge on any atom is -0.358 e. The molecule has 0 radical (unpaired) electrons. The van der Waals surface area contributed by atoms with E-state index >= 15 is 0 Å². The highest BCUT2D eigenvalue weighted by atomic mass is 16.5. The van der Waals surface area contributed by atoms with Crippen LogP contribution in [0.4, 0.5) is 5.82 Å². The number of hydrogen-bond acceptors (Lipinski definition) is 4. The third-order valence-corrected chi connectivity index (χ3v) is 3.64. The van der Waals surface area contributed by atoms with Gasteiger partial charge in [0.15, 0.2) is 5.82 Å². The maximum Gasteiger partial charge on any atom is 0.227 e. The molecular weight excluding hydrogens is 270 g/mol. The molecule has 0 atom stereocenters. The van der Waals surface area contributed by atoms with E-state index in [0.29, 0.717) is 18.8 Å². The second-order valence-electron chi connectivity index (χ2n) is 6.52. The number of anilines is 1. The fraction of sp³-hybridized carbons (Fsp3) is 0.667. The normalized spacial score (nSPS) is 15.6. The number of hydrogen-bond donors (Lipinski definition) is 1. The molecule has 6 nitrogen and oxygen atoms in total. The van der Waals surface area contributed by atoms with Gasteiger partial charge in [-0.15, -0.1) is 0 Å². The van der Waals surface area contributed by atoms with Crippen molar-refractivity contribution in [1.29, 1.82) is 0 Å². The number of rotatable bonds is 4. The third-order valence-electron chi connectivity index (χ3n) is 3.64. The molecule has 6 heteroatoms. The average Bonchev–Trinajstić information content (AvgIpc) is 2.94. The molecule has 1 aromatic rings. The van der Waals surface area contributed by atoms with Crippen molar-refractivity contribution < 1.29 is 14.1 Å². The van der Waals surface area contributed by atoms with Gasteiger partial charge in [-0.2, -0.15) is 0 Å². The Morgan fingerprint density at radius 2 is 2.14 bits per heavy atom. The molecule has 2 heterocycles. The first-order valence-electron chi connectivity index (χ1n) is 7.33. The molecule has 1 aliphatic heterocycles. The molecule has 1 N–H and O–H groups in total. The number of nitrogens with one attached hydrogen (secondary N) is 1. The van der Waals surface area contributed by atoms with Gasteiger partial charge in [0.05, 0.1) is 0 Å². The van der Waals surface area contributed by atoms with Gasteiger partial charge in [-0.05, 0) is 13.3 Å². The van der Waals surface area contributed by atoms with Gasteiger partial charge in [0.2, 0.25) is 11.8 Å². The Kier molecular flexibility index (Phi) is 4.34. The van der Waals surface area contributed by atoms with Crippen LogP contribution in [0.2, 0.25) is 0 Å². The van der Waals surface area contributed by atoms with Crippen LogP contribution < -0.4 is 5.32 Å². The Morgan fingerprint density at radius 3 is 2.67 bits per heavy atom. The average molecular weight is 293 g/mol. The summed E-state index contributed by atoms with van der Waals surface area (Å²) < 4.78 is 5.33. The highest BCUT2D eigenvalue weighted by Crippen LogP contribution is 2.29. The molecule has 21 heavy (non-hydrogen) atoms. The van der Waals surface area contributed by atoms with Crippen molar-refractivity contribution >= 4 is 17.6 Å². The predicted molar refractivity (Wildman–Crippen MR) is 79.0 cm³/mol. The summed E-state index contributed by atoms with van der Waals surface area (Å²) in [5, 5.41) is 6.69. The van der Waals surface area contributed by atoms with Gasteiger partial charge in [-0.25, -0.2) is 0 Å². The lowest BCUT2D eigenvalue weighted by Gasteiger charge is -2.15. The van der Waals surface area contributed by atoms with E-state index in [1.807, 2.05) is 27.7 Å². The van der Waals surface area contributed by atoms with E-state index in [9.17, 15) is 9.59 Å². The van der Waals surface area contributed by atoms with Crippen molar-refractivity contribution in [3.8, 4) is 0 Å². The second kappa shape index (κ2) is 5.87. The maximum atomic E-state index is 12.0. The van der Waals surface area contributed by atoms with Crippen LogP contribution in [-0.4, -0.2) is 35.0 Å². The SMILES string of the molecule is Cc1c(NC(=O)CCN2CCCC2=O)noc1C(C)(C)C. The molecule has 116 valence electrons. The summed E-state index contributed by atoms with van der Waals surface area (Å²) in [5.74, 6) is 1.23. The van der Waals surface area contributed by atoms with Gasteiger partial charge < -0.3 is 14.7 Å². The molecule has 0 bridgehead atoms. The van der Waals surface area contributed by atoms with Crippen LogP contribution in [0.1, 0.15) is 51.4 Å². The van der Waals surface area contributed by atoms with Gasteiger partial charge in [0.1, 0.15) is 5.76 Å². The molecule has 0 spiro atoms. The van der Waals surface area contributed by atoms with Gasteiger partial charge in [-0.3, -0.25) is 9.59 Å². The van der Waals surface area contributed by atoms with E-state index in [0.717, 1.165) is 24.3 Å². The van der Waals surface area contributed by atoms with Crippen molar-refractivity contribution in [3.63, 3.8) is 0 Å². The van der Waals surface area contributed by atoms with Crippen LogP contribution >= 0.6 is 0 Å². The largest absolute Gasteiger partial charge is 0.358 e. The summed E-state index contributed by atoms with van der Waals surface area (Å²) in [4.78, 5) is 25.2. The summed E-state index contributed by atoms with van der Waals surface area (Å²) in [5.41, 5.74) is 0.704. The molecule has 1 aliphatic rings. The summed E-state index contributed by atoms with van der Waals surface area (Å²) in [7, 11) is 0. The molecule has 0 aliphatic carbocycles. The van der Waals surface area contributed by atoms with Crippen LogP contribution in [0.3, 0.4) is 0 Å². The molecule has 2 rings (SSSR count). The first kappa shape index (κ1) is 15.5. The van der Waals surface area contributed by atoms with Crippen LogP contribution in [0.25, 0.3) is 0 Å². The van der Waals surface area contributed by atoms with E-state index in [4.69, 9.17) is 4.52 Å². The molecule has 0 unspecified atom stereocenters. The fourth-order valence-electron chi connectivity index (χ4n) is 2.52. The predicted octanol–water partition coefficient (Wildman–Crippen LogP) is 2.23. The monoisotopic (exact) mass is 293 g/mol. The van der Waals surface area contributed by atoms with Gasteiger partial charge in [0.25, 0.3) is 0 Å². The first-order chi connectivity index (χ1) is 9.79. The number of carbonyl (C=O) groups excluding carboxylic acids is 2. The highest BCUT2D eigenvalue weighted by Gasteiger charge is 2.25. The quantitative estimate of drug-likeness (QED) is 0.923. The summed E-state index contributed by atoms with van der Waals surface area (Å²) in [6.45, 7) is 9.20. The lowest BCUT2D eigenvalue weighted by molar-refractivity contribution is -0.128. The Labute approximate surface area is 124 Å². The van der Waals surface area contributed by atoms with E-state index < -0.39 is 0 Å². The van der Waals surface area contributed by atoms with Gasteiger partial charge in [0, 0.05) is 36.9 Å². The van der Waals surface area contributed by atoms with Crippen molar-refractivity contribution in [2.75, 3.05) is 18.4 Å². The zero-order valence-electron chi connectivity index (χ0n) is 13.2. The molecule has 0 aromatic carbocycles. The first-order valence-corrected chi connectivity index (χ1v) is 7.33. The Hall–Kier alpha value is -1.85. The van der Waals surface area contributed by atoms with Crippen LogP contribution in [0.5, 0.6) is 0 Å². The minimum atomic E-state index is -0.151. The molecule has 2 amide bonds. The van der Waals surface area contributed by atoms with Crippen molar-refractivity contribution in [1.82, 2.24) is 10.1 Å². The summed E-state index contributed by atoms with van der Waals surface area (Å²) in [6.07, 6.45) is 1.76. The molecule has 1 aromatic heterocycles. The van der Waals surface area contributed by atoms with E-state index in [2.05, 4.69) is 10.5 Å². The zero-order valence-corrected chi connectivity index (χ0v) is 13.2. The molecule has 0 saturated carbocycles. The maximum absolute atomic E-state index is 12.0. The number of carbonyl (C=O) groups is 2. The van der Waals surface area contributed by atoms with Crippen molar-refractivity contribution in [3.05, 3.63) is 11.3 Å². The van der Waals surface area contributed by atoms with Crippen LogP contribution in [0, 0.1) is 6.92 Å². The smallest absolute Gasteiger partial charge is 0.227 e. The Morgan fingerprint density at radius 1 is 1.43 bits per heavy atom. The number of aromatic nitrogens is 1. The Bertz CT molecular complexity index is 543. The lowest BCUT2D eigenvalue weighted by Crippen LogP contribution is -2.28. The van der Waals surface area contributed by atoms with Gasteiger partial charge in [-0.1, -0.05) is 25.9 Å². The molecular formula is C15H23N3O3. The van der Waals surface area contributed by atoms with E-state index in [1.165, 1.54) is 0 Å². The standard InChI is InChI=1S/C15H23N3O3/c1-10-13(15(2,3)4)21-17-14(10)16-11(19)7-9-18-8-5-6-12(18)20/h5-9H2,1-4H3,(H,16,17,19). The highest BCUT2D eigenvalue weighted by molar-refractivity contribution is 5.91. The summed E-state index contributed by atoms with van der Waals surface area (Å²) >= 11 is 0. The third kappa shape index (κ3) is 3.62. The Balaban J connectivity index is 1.91. The molecule has 1 fully saturated rings. The van der Waals surface area contributed by atoms with Gasteiger partial charge >= 0.3 is 0 Å². The van der Waals surface area contributed by atoms with E-state index in [-0.39, 0.29) is 23.7 Å². The number of likely N-dealkylation sites (tertiary alicyclic amines) is 1. The summed E-state index contributed by atoms with van der Waals surface area (Å²) in [6, 6.07) is 0. The second-order valence-corrected chi connectivity index (χ2v) is 6.52. The number of amides is 2. The zero-order chi connectivity index (χ0) is 15.6. The topological polar surface area (TPSA) is 75.4 Å².